The smallest absolute Gasteiger partial charge is 0.475 e. The average Bonchev–Trinajstić information content (AvgIpc) is 3.52. The number of nitrogens with one attached hydrogen (secondary N) is 3. The van der Waals surface area contributed by atoms with Crippen molar-refractivity contribution < 1.29 is 41.1 Å². The fraction of sp³-hybridized carbons (Fsp3) is 0.172. The summed E-state index contributed by atoms with van der Waals surface area (Å²) in [5.74, 6) is -3.15. The number of halogens is 3. The summed E-state index contributed by atoms with van der Waals surface area (Å²) < 4.78 is 58.0. The van der Waals surface area contributed by atoms with E-state index < -0.39 is 40.2 Å². The molecule has 0 fully saturated rings. The van der Waals surface area contributed by atoms with Gasteiger partial charge in [-0.3, -0.25) is 9.59 Å². The number of nitrogens with zero attached hydrogens (tertiary/aromatic N) is 1. The van der Waals surface area contributed by atoms with Crippen molar-refractivity contribution in [2.45, 2.75) is 31.1 Å². The van der Waals surface area contributed by atoms with Crippen molar-refractivity contribution in [2.24, 2.45) is 5.73 Å². The Bertz CT molecular complexity index is 1770. The van der Waals surface area contributed by atoms with E-state index in [0.717, 1.165) is 28.2 Å². The fourth-order valence-corrected chi connectivity index (χ4v) is 5.43. The largest absolute Gasteiger partial charge is 0.490 e. The van der Waals surface area contributed by atoms with Gasteiger partial charge in [0.05, 0.1) is 23.1 Å². The van der Waals surface area contributed by atoms with Crippen molar-refractivity contribution >= 4 is 43.7 Å². The van der Waals surface area contributed by atoms with Crippen molar-refractivity contribution in [1.29, 1.82) is 0 Å². The van der Waals surface area contributed by atoms with Gasteiger partial charge in [-0.25, -0.2) is 22.9 Å². The van der Waals surface area contributed by atoms with Gasteiger partial charge in [0.25, 0.3) is 15.9 Å². The van der Waals surface area contributed by atoms with Gasteiger partial charge in [0.15, 0.2) is 0 Å². The number of nitrogens with two attached hydrogens (primary N) is 1. The summed E-state index contributed by atoms with van der Waals surface area (Å²) in [7, 11) is -3.86. The third-order valence-electron chi connectivity index (χ3n) is 6.40. The standard InChI is InChI=1S/C27H25N5O4S.C2HF3O2/c28-20(14-17-6-2-1-3-7-17)27(34)31-23(26-29-21-8-4-5-9-22(21)30-26)15-18-10-12-19(13-11-18)24-16-25(33)32-37(24,35)36;3-2(4,5)1(6)7/h1-13,16,20,23H,14-15,28H2,(H,29,30)(H,31,34)(H,32,33);(H,6,7)/t20-,23-;/m0./s1. The summed E-state index contributed by atoms with van der Waals surface area (Å²) >= 11 is 0. The van der Waals surface area contributed by atoms with Crippen molar-refractivity contribution in [3.8, 4) is 0 Å². The number of imidazole rings is 1. The predicted octanol–water partition coefficient (Wildman–Crippen LogP) is 2.97. The average molecular weight is 630 g/mol. The Balaban J connectivity index is 0.000000566. The summed E-state index contributed by atoms with van der Waals surface area (Å²) in [6.45, 7) is 0. The number of carboxylic acid groups (broad SMARTS) is 1. The van der Waals surface area contributed by atoms with Gasteiger partial charge in [-0.15, -0.1) is 0 Å². The Morgan fingerprint density at radius 1 is 0.932 bits per heavy atom. The van der Waals surface area contributed by atoms with Gasteiger partial charge in [0.2, 0.25) is 5.91 Å². The Morgan fingerprint density at radius 3 is 2.09 bits per heavy atom. The maximum absolute atomic E-state index is 13.1. The molecule has 0 spiro atoms. The number of fused-ring (bicyclic) bond motifs is 1. The number of sulfonamides is 1. The summed E-state index contributed by atoms with van der Waals surface area (Å²) in [6, 6.07) is 22.7. The van der Waals surface area contributed by atoms with E-state index in [1.54, 1.807) is 24.3 Å². The number of para-hydroxylation sites is 2. The SMILES string of the molecule is N[C@@H](Cc1ccccc1)C(=O)N[C@@H](Cc1ccc(C2=CC(=O)NS2(=O)=O)cc1)c1nc2ccccc2[nH]1.O=C(O)C(F)(F)F. The zero-order valence-corrected chi connectivity index (χ0v) is 23.5. The monoisotopic (exact) mass is 629 g/mol. The van der Waals surface area contributed by atoms with Gasteiger partial charge < -0.3 is 21.1 Å². The number of aromatic nitrogens is 2. The molecule has 15 heteroatoms. The molecule has 3 aromatic carbocycles. The number of benzene rings is 3. The second-order valence-electron chi connectivity index (χ2n) is 9.68. The van der Waals surface area contributed by atoms with E-state index in [1.807, 2.05) is 59.3 Å². The number of hydrogen-bond acceptors (Lipinski definition) is 7. The summed E-state index contributed by atoms with van der Waals surface area (Å²) in [4.78, 5) is 41.4. The lowest BCUT2D eigenvalue weighted by Gasteiger charge is -2.20. The second-order valence-corrected chi connectivity index (χ2v) is 11.3. The summed E-state index contributed by atoms with van der Waals surface area (Å²) in [5, 5.41) is 10.2. The molecule has 5 rings (SSSR count). The Hall–Kier alpha value is -5.02. The number of amides is 2. The summed E-state index contributed by atoms with van der Waals surface area (Å²) in [6.07, 6.45) is -3.24. The van der Waals surface area contributed by atoms with E-state index >= 15 is 0 Å². The van der Waals surface area contributed by atoms with Crippen LogP contribution < -0.4 is 15.8 Å². The van der Waals surface area contributed by atoms with Crippen LogP contribution in [0.25, 0.3) is 15.9 Å². The molecule has 4 aromatic rings. The highest BCUT2D eigenvalue weighted by Gasteiger charge is 2.38. The fourth-order valence-electron chi connectivity index (χ4n) is 4.29. The van der Waals surface area contributed by atoms with Crippen LogP contribution >= 0.6 is 0 Å². The third kappa shape index (κ3) is 8.08. The first kappa shape index (κ1) is 31.9. The molecule has 0 radical (unpaired) electrons. The molecular weight excluding hydrogens is 603 g/mol. The third-order valence-corrected chi connectivity index (χ3v) is 7.80. The van der Waals surface area contributed by atoms with Gasteiger partial charge >= 0.3 is 12.1 Å². The number of aromatic amines is 1. The minimum Gasteiger partial charge on any atom is -0.475 e. The first-order valence-corrected chi connectivity index (χ1v) is 14.4. The molecule has 2 atom stereocenters. The van der Waals surface area contributed by atoms with E-state index in [1.165, 1.54) is 0 Å². The van der Waals surface area contributed by atoms with Gasteiger partial charge in [0.1, 0.15) is 10.7 Å². The number of aliphatic carboxylic acids is 1. The Morgan fingerprint density at radius 2 is 1.52 bits per heavy atom. The minimum absolute atomic E-state index is 0.0712. The maximum Gasteiger partial charge on any atom is 0.490 e. The zero-order valence-electron chi connectivity index (χ0n) is 22.7. The Kier molecular flexibility index (Phi) is 9.50. The number of carbonyl (C=O) groups excluding carboxylic acids is 2. The molecular formula is C29H26F3N5O6S. The first-order valence-electron chi connectivity index (χ1n) is 13.0. The molecule has 0 bridgehead atoms. The van der Waals surface area contributed by atoms with E-state index in [0.29, 0.717) is 24.2 Å². The van der Waals surface area contributed by atoms with Gasteiger partial charge in [-0.1, -0.05) is 66.7 Å². The van der Waals surface area contributed by atoms with Crippen LogP contribution in [0, 0.1) is 0 Å². The number of H-pyrrole nitrogens is 1. The normalized spacial score (nSPS) is 15.4. The molecule has 0 unspecified atom stereocenters. The van der Waals surface area contributed by atoms with Crippen LogP contribution in [0.3, 0.4) is 0 Å². The van der Waals surface area contributed by atoms with Crippen LogP contribution in [-0.2, 0) is 37.2 Å². The van der Waals surface area contributed by atoms with Crippen LogP contribution in [0.4, 0.5) is 13.2 Å². The molecule has 0 saturated carbocycles. The van der Waals surface area contributed by atoms with Crippen LogP contribution in [0.2, 0.25) is 0 Å². The number of alkyl halides is 3. The summed E-state index contributed by atoms with van der Waals surface area (Å²) in [5.41, 5.74) is 10.0. The predicted molar refractivity (Wildman–Crippen MR) is 154 cm³/mol. The molecule has 1 aromatic heterocycles. The van der Waals surface area contributed by atoms with E-state index in [9.17, 15) is 31.2 Å². The molecule has 2 amide bonds. The van der Waals surface area contributed by atoms with Gasteiger partial charge in [0, 0.05) is 6.08 Å². The molecule has 1 aliphatic heterocycles. The highest BCUT2D eigenvalue weighted by molar-refractivity contribution is 7.99. The number of rotatable bonds is 8. The first-order chi connectivity index (χ1) is 20.7. The molecule has 1 aliphatic rings. The van der Waals surface area contributed by atoms with Crippen molar-refractivity contribution in [3.63, 3.8) is 0 Å². The molecule has 230 valence electrons. The van der Waals surface area contributed by atoms with Crippen molar-refractivity contribution in [2.75, 3.05) is 0 Å². The highest BCUT2D eigenvalue weighted by Crippen LogP contribution is 2.26. The lowest BCUT2D eigenvalue weighted by atomic mass is 10.0. The van der Waals surface area contributed by atoms with Crippen LogP contribution in [0.5, 0.6) is 0 Å². The molecule has 44 heavy (non-hydrogen) atoms. The van der Waals surface area contributed by atoms with Crippen molar-refractivity contribution in [1.82, 2.24) is 20.0 Å². The number of carboxylic acids is 1. The number of carbonyl (C=O) groups is 3. The van der Waals surface area contributed by atoms with Gasteiger partial charge in [-0.05, 0) is 41.7 Å². The number of hydrogen-bond donors (Lipinski definition) is 5. The highest BCUT2D eigenvalue weighted by atomic mass is 32.2. The Labute approximate surface area is 249 Å². The van der Waals surface area contributed by atoms with Crippen LogP contribution in [0.1, 0.15) is 28.6 Å². The minimum atomic E-state index is -5.08. The lowest BCUT2D eigenvalue weighted by molar-refractivity contribution is -0.192. The van der Waals surface area contributed by atoms with E-state index in [-0.39, 0.29) is 10.8 Å². The van der Waals surface area contributed by atoms with Crippen molar-refractivity contribution in [3.05, 3.63) is 107 Å². The topological polar surface area (TPSA) is 184 Å². The van der Waals surface area contributed by atoms with Crippen LogP contribution in [-0.4, -0.2) is 53.5 Å². The molecule has 0 aliphatic carbocycles. The van der Waals surface area contributed by atoms with Gasteiger partial charge in [-0.2, -0.15) is 13.2 Å². The molecule has 2 heterocycles. The van der Waals surface area contributed by atoms with E-state index in [4.69, 9.17) is 15.6 Å². The maximum atomic E-state index is 13.1. The second kappa shape index (κ2) is 13.1. The van der Waals surface area contributed by atoms with Crippen LogP contribution in [0.15, 0.2) is 84.9 Å². The molecule has 0 saturated heterocycles. The zero-order chi connectivity index (χ0) is 32.1. The molecule has 6 N–H and O–H groups in total. The van der Waals surface area contributed by atoms with E-state index in [2.05, 4.69) is 15.3 Å². The lowest BCUT2D eigenvalue weighted by Crippen LogP contribution is -2.44. The molecule has 11 nitrogen and oxygen atoms in total. The quantitative estimate of drug-likeness (QED) is 0.197.